The Kier molecular flexibility index (Phi) is 4.93. The molecule has 0 radical (unpaired) electrons. The van der Waals surface area contributed by atoms with Gasteiger partial charge in [-0.3, -0.25) is 0 Å². The third kappa shape index (κ3) is 3.82. The van der Waals surface area contributed by atoms with Crippen molar-refractivity contribution in [1.82, 2.24) is 15.3 Å². The number of rotatable bonds is 4. The highest BCUT2D eigenvalue weighted by Crippen LogP contribution is 2.18. The normalized spacial score (nSPS) is 13.8. The number of urea groups is 1. The van der Waals surface area contributed by atoms with Crippen molar-refractivity contribution >= 4 is 17.7 Å². The Morgan fingerprint density at radius 1 is 1.21 bits per heavy atom. The smallest absolute Gasteiger partial charge is 0.319 e. The standard InChI is InChI=1S/C18H23N5O/c1-13-6-5-7-16(14(13)2)22-18(24)20-12-15-8-9-19-17(21-15)23-10-3-4-11-23/h5-9H,3-4,10-12H2,1-2H3,(H2,20,22,24). The Bertz CT molecular complexity index is 725. The molecule has 0 bridgehead atoms. The van der Waals surface area contributed by atoms with Gasteiger partial charge in [-0.15, -0.1) is 0 Å². The van der Waals surface area contributed by atoms with Crippen LogP contribution in [0.25, 0.3) is 0 Å². The summed E-state index contributed by atoms with van der Waals surface area (Å²) in [5.41, 5.74) is 3.86. The summed E-state index contributed by atoms with van der Waals surface area (Å²) >= 11 is 0. The van der Waals surface area contributed by atoms with Gasteiger partial charge >= 0.3 is 6.03 Å². The van der Waals surface area contributed by atoms with E-state index in [1.165, 1.54) is 12.8 Å². The van der Waals surface area contributed by atoms with Crippen LogP contribution in [0.4, 0.5) is 16.4 Å². The number of aryl methyl sites for hydroxylation is 1. The van der Waals surface area contributed by atoms with Crippen LogP contribution < -0.4 is 15.5 Å². The highest BCUT2D eigenvalue weighted by molar-refractivity contribution is 5.90. The Balaban J connectivity index is 1.58. The van der Waals surface area contributed by atoms with Gasteiger partial charge in [-0.2, -0.15) is 0 Å². The summed E-state index contributed by atoms with van der Waals surface area (Å²) in [7, 11) is 0. The molecule has 126 valence electrons. The third-order valence-electron chi connectivity index (χ3n) is 4.37. The van der Waals surface area contributed by atoms with Gasteiger partial charge in [0.2, 0.25) is 5.95 Å². The predicted octanol–water partition coefficient (Wildman–Crippen LogP) is 3.02. The van der Waals surface area contributed by atoms with E-state index >= 15 is 0 Å². The first-order chi connectivity index (χ1) is 11.6. The van der Waals surface area contributed by atoms with Gasteiger partial charge in [-0.1, -0.05) is 12.1 Å². The van der Waals surface area contributed by atoms with Gasteiger partial charge in [0.25, 0.3) is 0 Å². The van der Waals surface area contributed by atoms with Crippen molar-refractivity contribution in [3.05, 3.63) is 47.3 Å². The molecule has 6 heteroatoms. The molecule has 0 aliphatic carbocycles. The number of hydrogen-bond acceptors (Lipinski definition) is 4. The van der Waals surface area contributed by atoms with Gasteiger partial charge in [0.05, 0.1) is 12.2 Å². The molecule has 2 N–H and O–H groups in total. The number of benzene rings is 1. The van der Waals surface area contributed by atoms with Crippen molar-refractivity contribution in [2.24, 2.45) is 0 Å². The summed E-state index contributed by atoms with van der Waals surface area (Å²) in [4.78, 5) is 23.2. The quantitative estimate of drug-likeness (QED) is 0.906. The van der Waals surface area contributed by atoms with Crippen molar-refractivity contribution in [3.63, 3.8) is 0 Å². The maximum absolute atomic E-state index is 12.1. The molecule has 24 heavy (non-hydrogen) atoms. The van der Waals surface area contributed by atoms with Crippen LogP contribution in [0.1, 0.15) is 29.7 Å². The van der Waals surface area contributed by atoms with E-state index in [0.29, 0.717) is 6.54 Å². The summed E-state index contributed by atoms with van der Waals surface area (Å²) < 4.78 is 0. The van der Waals surface area contributed by atoms with Crippen LogP contribution in [-0.4, -0.2) is 29.1 Å². The first kappa shape index (κ1) is 16.2. The maximum Gasteiger partial charge on any atom is 0.319 e. The molecule has 0 atom stereocenters. The molecule has 3 rings (SSSR count). The second-order valence-electron chi connectivity index (χ2n) is 6.10. The fourth-order valence-corrected chi connectivity index (χ4v) is 2.78. The Hall–Kier alpha value is -2.63. The number of nitrogens with one attached hydrogen (secondary N) is 2. The Labute approximate surface area is 142 Å². The summed E-state index contributed by atoms with van der Waals surface area (Å²) in [6, 6.07) is 7.46. The zero-order valence-corrected chi connectivity index (χ0v) is 14.2. The number of anilines is 2. The van der Waals surface area contributed by atoms with E-state index in [1.807, 2.05) is 38.1 Å². The van der Waals surface area contributed by atoms with Crippen LogP contribution in [0.2, 0.25) is 0 Å². The lowest BCUT2D eigenvalue weighted by atomic mass is 10.1. The molecular formula is C18H23N5O. The van der Waals surface area contributed by atoms with Gasteiger partial charge in [0.15, 0.2) is 0 Å². The van der Waals surface area contributed by atoms with E-state index in [1.54, 1.807) is 6.20 Å². The predicted molar refractivity (Wildman–Crippen MR) is 95.3 cm³/mol. The minimum Gasteiger partial charge on any atom is -0.341 e. The van der Waals surface area contributed by atoms with Crippen molar-refractivity contribution in [2.75, 3.05) is 23.3 Å². The van der Waals surface area contributed by atoms with Crippen LogP contribution in [0.15, 0.2) is 30.5 Å². The van der Waals surface area contributed by atoms with Crippen LogP contribution in [0.3, 0.4) is 0 Å². The fraction of sp³-hybridized carbons (Fsp3) is 0.389. The van der Waals surface area contributed by atoms with Gasteiger partial charge in [-0.25, -0.2) is 14.8 Å². The molecule has 1 aliphatic heterocycles. The van der Waals surface area contributed by atoms with E-state index in [4.69, 9.17) is 0 Å². The fourth-order valence-electron chi connectivity index (χ4n) is 2.78. The molecule has 2 amide bonds. The van der Waals surface area contributed by atoms with E-state index < -0.39 is 0 Å². The van der Waals surface area contributed by atoms with E-state index in [-0.39, 0.29) is 6.03 Å². The highest BCUT2D eigenvalue weighted by atomic mass is 16.2. The van der Waals surface area contributed by atoms with E-state index in [2.05, 4.69) is 25.5 Å². The van der Waals surface area contributed by atoms with Crippen molar-refractivity contribution in [1.29, 1.82) is 0 Å². The molecule has 1 saturated heterocycles. The topological polar surface area (TPSA) is 70.2 Å². The van der Waals surface area contributed by atoms with Crippen LogP contribution in [-0.2, 0) is 6.54 Å². The summed E-state index contributed by atoms with van der Waals surface area (Å²) in [6.45, 7) is 6.41. The summed E-state index contributed by atoms with van der Waals surface area (Å²) in [6.07, 6.45) is 4.12. The van der Waals surface area contributed by atoms with Gasteiger partial charge in [-0.05, 0) is 49.9 Å². The summed E-state index contributed by atoms with van der Waals surface area (Å²) in [5.74, 6) is 0.752. The van der Waals surface area contributed by atoms with Gasteiger partial charge in [0.1, 0.15) is 0 Å². The molecule has 6 nitrogen and oxygen atoms in total. The molecule has 1 aromatic carbocycles. The molecular weight excluding hydrogens is 302 g/mol. The molecule has 0 saturated carbocycles. The number of aromatic nitrogens is 2. The third-order valence-corrected chi connectivity index (χ3v) is 4.37. The van der Waals surface area contributed by atoms with Gasteiger partial charge < -0.3 is 15.5 Å². The number of nitrogens with zero attached hydrogens (tertiary/aromatic N) is 3. The second-order valence-corrected chi connectivity index (χ2v) is 6.10. The molecule has 0 spiro atoms. The molecule has 1 aliphatic rings. The average Bonchev–Trinajstić information content (AvgIpc) is 3.12. The van der Waals surface area contributed by atoms with Crippen molar-refractivity contribution in [2.45, 2.75) is 33.2 Å². The van der Waals surface area contributed by atoms with Crippen LogP contribution in [0, 0.1) is 13.8 Å². The van der Waals surface area contributed by atoms with Crippen LogP contribution in [0.5, 0.6) is 0 Å². The van der Waals surface area contributed by atoms with E-state index in [0.717, 1.165) is 41.5 Å². The minimum absolute atomic E-state index is 0.231. The maximum atomic E-state index is 12.1. The number of hydrogen-bond donors (Lipinski definition) is 2. The zero-order valence-electron chi connectivity index (χ0n) is 14.2. The monoisotopic (exact) mass is 325 g/mol. The second kappa shape index (κ2) is 7.29. The lowest BCUT2D eigenvalue weighted by Crippen LogP contribution is -2.29. The lowest BCUT2D eigenvalue weighted by Gasteiger charge is -2.15. The average molecular weight is 325 g/mol. The Morgan fingerprint density at radius 3 is 2.79 bits per heavy atom. The van der Waals surface area contributed by atoms with Gasteiger partial charge in [0, 0.05) is 25.0 Å². The van der Waals surface area contributed by atoms with Crippen molar-refractivity contribution < 1.29 is 4.79 Å². The number of carbonyl (C=O) groups excluding carboxylic acids is 1. The molecule has 0 unspecified atom stereocenters. The number of carbonyl (C=O) groups is 1. The first-order valence-electron chi connectivity index (χ1n) is 8.31. The summed E-state index contributed by atoms with van der Waals surface area (Å²) in [5, 5.41) is 5.74. The van der Waals surface area contributed by atoms with E-state index in [9.17, 15) is 4.79 Å². The largest absolute Gasteiger partial charge is 0.341 e. The Morgan fingerprint density at radius 2 is 2.00 bits per heavy atom. The molecule has 1 aromatic heterocycles. The highest BCUT2D eigenvalue weighted by Gasteiger charge is 2.15. The van der Waals surface area contributed by atoms with Crippen LogP contribution >= 0.6 is 0 Å². The SMILES string of the molecule is Cc1cccc(NC(=O)NCc2ccnc(N3CCCC3)n2)c1C. The number of amides is 2. The molecule has 2 aromatic rings. The minimum atomic E-state index is -0.231. The first-order valence-corrected chi connectivity index (χ1v) is 8.31. The molecule has 1 fully saturated rings. The lowest BCUT2D eigenvalue weighted by molar-refractivity contribution is 0.251. The zero-order chi connectivity index (χ0) is 16.9. The molecule has 2 heterocycles. The van der Waals surface area contributed by atoms with Crippen molar-refractivity contribution in [3.8, 4) is 0 Å².